The third kappa shape index (κ3) is 5.61. The highest BCUT2D eigenvalue weighted by atomic mass is 14.9. The van der Waals surface area contributed by atoms with Crippen LogP contribution in [0.2, 0.25) is 0 Å². The number of hydrogen-bond donors (Lipinski definition) is 2. The molecule has 1 fully saturated rings. The van der Waals surface area contributed by atoms with Crippen LogP contribution in [0, 0.1) is 5.92 Å². The van der Waals surface area contributed by atoms with Gasteiger partial charge in [0.25, 0.3) is 0 Å². The minimum absolute atomic E-state index is 0.647. The Morgan fingerprint density at radius 1 is 1.21 bits per heavy atom. The van der Waals surface area contributed by atoms with Gasteiger partial charge in [0.05, 0.1) is 0 Å². The van der Waals surface area contributed by atoms with Gasteiger partial charge in [-0.3, -0.25) is 0 Å². The normalized spacial score (nSPS) is 19.1. The van der Waals surface area contributed by atoms with Crippen LogP contribution in [0.4, 0.5) is 0 Å². The molecule has 0 aromatic heterocycles. The van der Waals surface area contributed by atoms with Crippen LogP contribution in [0.5, 0.6) is 0 Å². The molecule has 1 rings (SSSR count). The Kier molecular flexibility index (Phi) is 6.20. The van der Waals surface area contributed by atoms with E-state index in [-0.39, 0.29) is 0 Å². The quantitative estimate of drug-likeness (QED) is 0.639. The number of rotatable bonds is 6. The number of piperidine rings is 1. The van der Waals surface area contributed by atoms with Crippen molar-refractivity contribution in [2.45, 2.75) is 52.0 Å². The van der Waals surface area contributed by atoms with Crippen LogP contribution in [0.1, 0.15) is 46.0 Å². The average molecular weight is 198 g/mol. The molecule has 2 heteroatoms. The molecule has 0 aromatic carbocycles. The van der Waals surface area contributed by atoms with Crippen molar-refractivity contribution in [3.63, 3.8) is 0 Å². The van der Waals surface area contributed by atoms with E-state index in [0.29, 0.717) is 6.04 Å². The fourth-order valence-corrected chi connectivity index (χ4v) is 2.12. The van der Waals surface area contributed by atoms with E-state index in [0.717, 1.165) is 5.92 Å². The molecule has 14 heavy (non-hydrogen) atoms. The van der Waals surface area contributed by atoms with Crippen molar-refractivity contribution < 1.29 is 0 Å². The zero-order chi connectivity index (χ0) is 10.2. The smallest absolute Gasteiger partial charge is 0.00103 e. The average Bonchev–Trinajstić information content (AvgIpc) is 2.18. The summed E-state index contributed by atoms with van der Waals surface area (Å²) in [5.41, 5.74) is 0. The summed E-state index contributed by atoms with van der Waals surface area (Å²) in [5, 5.41) is 6.89. The summed E-state index contributed by atoms with van der Waals surface area (Å²) < 4.78 is 0. The van der Waals surface area contributed by atoms with Crippen LogP contribution >= 0.6 is 0 Å². The summed E-state index contributed by atoms with van der Waals surface area (Å²) in [4.78, 5) is 0. The molecule has 0 aliphatic carbocycles. The minimum Gasteiger partial charge on any atom is -0.317 e. The minimum atomic E-state index is 0.647. The van der Waals surface area contributed by atoms with E-state index >= 15 is 0 Å². The van der Waals surface area contributed by atoms with Crippen LogP contribution in [-0.4, -0.2) is 25.7 Å². The summed E-state index contributed by atoms with van der Waals surface area (Å²) in [5.74, 6) is 1.01. The maximum absolute atomic E-state index is 3.47. The van der Waals surface area contributed by atoms with Gasteiger partial charge in [-0.2, -0.15) is 0 Å². The summed E-state index contributed by atoms with van der Waals surface area (Å²) in [7, 11) is 0. The van der Waals surface area contributed by atoms with Crippen molar-refractivity contribution in [3.8, 4) is 0 Å². The maximum atomic E-state index is 3.47. The fraction of sp³-hybridized carbons (Fsp3) is 1.00. The molecule has 84 valence electrons. The van der Waals surface area contributed by atoms with Crippen LogP contribution in [0.3, 0.4) is 0 Å². The highest BCUT2D eigenvalue weighted by molar-refractivity contribution is 4.68. The SMILES string of the molecule is CC(C)NCCCCC1CCNCC1. The highest BCUT2D eigenvalue weighted by Gasteiger charge is 2.11. The number of unbranched alkanes of at least 4 members (excludes halogenated alkanes) is 1. The fourth-order valence-electron chi connectivity index (χ4n) is 2.12. The summed E-state index contributed by atoms with van der Waals surface area (Å²) in [6, 6.07) is 0.647. The van der Waals surface area contributed by atoms with Crippen molar-refractivity contribution in [1.29, 1.82) is 0 Å². The van der Waals surface area contributed by atoms with E-state index in [1.807, 2.05) is 0 Å². The molecule has 1 aliphatic rings. The second-order valence-corrected chi connectivity index (χ2v) is 4.80. The van der Waals surface area contributed by atoms with Gasteiger partial charge in [-0.25, -0.2) is 0 Å². The molecule has 2 N–H and O–H groups in total. The lowest BCUT2D eigenvalue weighted by atomic mass is 9.92. The summed E-state index contributed by atoms with van der Waals surface area (Å²) in [6.45, 7) is 8.12. The standard InChI is InChI=1S/C12H26N2/c1-11(2)14-8-4-3-5-12-6-9-13-10-7-12/h11-14H,3-10H2,1-2H3. The predicted octanol–water partition coefficient (Wildman–Crippen LogP) is 2.15. The van der Waals surface area contributed by atoms with Crippen LogP contribution in [0.15, 0.2) is 0 Å². The summed E-state index contributed by atoms with van der Waals surface area (Å²) in [6.07, 6.45) is 7.00. The molecule has 0 amide bonds. The van der Waals surface area contributed by atoms with Crippen molar-refractivity contribution in [2.24, 2.45) is 5.92 Å². The third-order valence-electron chi connectivity index (χ3n) is 3.05. The zero-order valence-electron chi connectivity index (χ0n) is 9.81. The van der Waals surface area contributed by atoms with Gasteiger partial charge in [0.1, 0.15) is 0 Å². The zero-order valence-corrected chi connectivity index (χ0v) is 9.81. The molecule has 2 nitrogen and oxygen atoms in total. The molecule has 0 unspecified atom stereocenters. The Bertz CT molecular complexity index is 128. The molecular weight excluding hydrogens is 172 g/mol. The van der Waals surface area contributed by atoms with Crippen LogP contribution in [0.25, 0.3) is 0 Å². The van der Waals surface area contributed by atoms with Gasteiger partial charge in [-0.1, -0.05) is 26.7 Å². The first-order valence-electron chi connectivity index (χ1n) is 6.23. The van der Waals surface area contributed by atoms with Crippen molar-refractivity contribution in [1.82, 2.24) is 10.6 Å². The summed E-state index contributed by atoms with van der Waals surface area (Å²) >= 11 is 0. The predicted molar refractivity (Wildman–Crippen MR) is 62.6 cm³/mol. The largest absolute Gasteiger partial charge is 0.317 e. The third-order valence-corrected chi connectivity index (χ3v) is 3.05. The lowest BCUT2D eigenvalue weighted by molar-refractivity contribution is 0.342. The van der Waals surface area contributed by atoms with Crippen molar-refractivity contribution in [3.05, 3.63) is 0 Å². The van der Waals surface area contributed by atoms with Gasteiger partial charge >= 0.3 is 0 Å². The maximum Gasteiger partial charge on any atom is 0.00103 e. The Balaban J connectivity index is 1.87. The van der Waals surface area contributed by atoms with E-state index in [1.54, 1.807) is 0 Å². The lowest BCUT2D eigenvalue weighted by Gasteiger charge is -2.22. The van der Waals surface area contributed by atoms with E-state index in [4.69, 9.17) is 0 Å². The van der Waals surface area contributed by atoms with Gasteiger partial charge in [0.2, 0.25) is 0 Å². The topological polar surface area (TPSA) is 24.1 Å². The molecule has 0 saturated carbocycles. The van der Waals surface area contributed by atoms with E-state index in [9.17, 15) is 0 Å². The first-order valence-corrected chi connectivity index (χ1v) is 6.23. The Morgan fingerprint density at radius 3 is 2.57 bits per heavy atom. The second-order valence-electron chi connectivity index (χ2n) is 4.80. The molecule has 0 aromatic rings. The van der Waals surface area contributed by atoms with Gasteiger partial charge in [-0.15, -0.1) is 0 Å². The van der Waals surface area contributed by atoms with E-state index < -0.39 is 0 Å². The number of nitrogens with one attached hydrogen (secondary N) is 2. The van der Waals surface area contributed by atoms with Crippen molar-refractivity contribution in [2.75, 3.05) is 19.6 Å². The second kappa shape index (κ2) is 7.24. The Labute approximate surface area is 88.8 Å². The molecule has 1 heterocycles. The van der Waals surface area contributed by atoms with E-state index in [2.05, 4.69) is 24.5 Å². The van der Waals surface area contributed by atoms with Gasteiger partial charge < -0.3 is 10.6 Å². The first kappa shape index (κ1) is 12.0. The molecule has 1 aliphatic heterocycles. The molecule has 0 bridgehead atoms. The molecule has 1 saturated heterocycles. The van der Waals surface area contributed by atoms with E-state index in [1.165, 1.54) is 51.7 Å². The van der Waals surface area contributed by atoms with Crippen LogP contribution < -0.4 is 10.6 Å². The molecule has 0 radical (unpaired) electrons. The van der Waals surface area contributed by atoms with Gasteiger partial charge in [0, 0.05) is 6.04 Å². The molecular formula is C12H26N2. The van der Waals surface area contributed by atoms with Gasteiger partial charge in [-0.05, 0) is 44.8 Å². The van der Waals surface area contributed by atoms with Gasteiger partial charge in [0.15, 0.2) is 0 Å². The first-order chi connectivity index (χ1) is 6.79. The Morgan fingerprint density at radius 2 is 1.93 bits per heavy atom. The monoisotopic (exact) mass is 198 g/mol. The molecule has 0 atom stereocenters. The Hall–Kier alpha value is -0.0800. The van der Waals surface area contributed by atoms with Crippen molar-refractivity contribution >= 4 is 0 Å². The molecule has 0 spiro atoms. The highest BCUT2D eigenvalue weighted by Crippen LogP contribution is 2.18. The van der Waals surface area contributed by atoms with Crippen LogP contribution in [-0.2, 0) is 0 Å². The number of hydrogen-bond acceptors (Lipinski definition) is 2. The lowest BCUT2D eigenvalue weighted by Crippen LogP contribution is -2.28.